The van der Waals surface area contributed by atoms with Crippen molar-refractivity contribution in [3.05, 3.63) is 28.8 Å². The maximum atomic E-state index is 6.04. The van der Waals surface area contributed by atoms with Crippen LogP contribution in [0, 0.1) is 6.92 Å². The van der Waals surface area contributed by atoms with Gasteiger partial charge >= 0.3 is 0 Å². The van der Waals surface area contributed by atoms with Gasteiger partial charge in [-0.1, -0.05) is 11.6 Å². The van der Waals surface area contributed by atoms with Crippen LogP contribution in [-0.4, -0.2) is 14.4 Å². The fraction of sp³-hybridized carbons (Fsp3) is 0.333. The van der Waals surface area contributed by atoms with Gasteiger partial charge in [0.25, 0.3) is 0 Å². The lowest BCUT2D eigenvalue weighted by Gasteiger charge is -2.04. The van der Waals surface area contributed by atoms with Crippen LogP contribution in [0.4, 0.5) is 0 Å². The molecule has 5 heteroatoms. The number of aromatic nitrogens is 3. The van der Waals surface area contributed by atoms with E-state index in [4.69, 9.17) is 17.3 Å². The van der Waals surface area contributed by atoms with Crippen LogP contribution in [0.1, 0.15) is 24.2 Å². The first kappa shape index (κ1) is 9.43. The number of rotatable bonds is 1. The Kier molecular flexibility index (Phi) is 2.17. The molecule has 0 bridgehead atoms. The Morgan fingerprint density at radius 2 is 2.29 bits per heavy atom. The van der Waals surface area contributed by atoms with Gasteiger partial charge in [0.15, 0.2) is 0 Å². The molecular weight excluding hydrogens is 200 g/mol. The molecule has 1 unspecified atom stereocenters. The standard InChI is InChI=1S/C9H11ClN4/c1-5(11)7-3-12-9-13-6(2)8(10)14(9)4-7/h3-5H,11H2,1-2H3. The van der Waals surface area contributed by atoms with Gasteiger partial charge in [-0.05, 0) is 13.8 Å². The Hall–Kier alpha value is -1.13. The van der Waals surface area contributed by atoms with Gasteiger partial charge in [-0.3, -0.25) is 4.40 Å². The van der Waals surface area contributed by atoms with E-state index in [2.05, 4.69) is 9.97 Å². The molecule has 4 nitrogen and oxygen atoms in total. The first-order chi connectivity index (χ1) is 6.59. The monoisotopic (exact) mass is 210 g/mol. The minimum atomic E-state index is -0.0503. The SMILES string of the molecule is Cc1nc2ncc(C(C)N)cn2c1Cl. The summed E-state index contributed by atoms with van der Waals surface area (Å²) >= 11 is 6.04. The van der Waals surface area contributed by atoms with Crippen LogP contribution in [-0.2, 0) is 0 Å². The molecule has 2 rings (SSSR count). The number of nitrogens with two attached hydrogens (primary N) is 1. The Morgan fingerprint density at radius 3 is 2.93 bits per heavy atom. The lowest BCUT2D eigenvalue weighted by atomic mass is 10.2. The molecule has 0 aliphatic rings. The molecule has 2 aromatic rings. The number of fused-ring (bicyclic) bond motifs is 1. The molecule has 2 heterocycles. The van der Waals surface area contributed by atoms with Crippen molar-refractivity contribution in [2.75, 3.05) is 0 Å². The zero-order valence-corrected chi connectivity index (χ0v) is 8.78. The zero-order chi connectivity index (χ0) is 10.3. The average molecular weight is 211 g/mol. The predicted molar refractivity (Wildman–Crippen MR) is 55.3 cm³/mol. The summed E-state index contributed by atoms with van der Waals surface area (Å²) in [6.45, 7) is 3.75. The zero-order valence-electron chi connectivity index (χ0n) is 8.03. The first-order valence-corrected chi connectivity index (χ1v) is 4.73. The fourth-order valence-electron chi connectivity index (χ4n) is 1.27. The number of aryl methyl sites for hydroxylation is 1. The molecule has 0 spiro atoms. The summed E-state index contributed by atoms with van der Waals surface area (Å²) in [5.74, 6) is 0.608. The van der Waals surface area contributed by atoms with Crippen molar-refractivity contribution in [2.24, 2.45) is 5.73 Å². The van der Waals surface area contributed by atoms with Crippen molar-refractivity contribution >= 4 is 17.4 Å². The van der Waals surface area contributed by atoms with Crippen LogP contribution in [0.25, 0.3) is 5.78 Å². The third-order valence-corrected chi connectivity index (χ3v) is 2.58. The van der Waals surface area contributed by atoms with Gasteiger partial charge < -0.3 is 5.73 Å². The highest BCUT2D eigenvalue weighted by molar-refractivity contribution is 6.30. The number of halogens is 1. The van der Waals surface area contributed by atoms with E-state index in [1.807, 2.05) is 20.0 Å². The highest BCUT2D eigenvalue weighted by Crippen LogP contribution is 2.17. The van der Waals surface area contributed by atoms with Gasteiger partial charge in [0.1, 0.15) is 5.15 Å². The van der Waals surface area contributed by atoms with E-state index in [-0.39, 0.29) is 6.04 Å². The molecule has 74 valence electrons. The molecule has 0 saturated carbocycles. The molecule has 0 radical (unpaired) electrons. The second-order valence-corrected chi connectivity index (χ2v) is 3.69. The molecular formula is C9H11ClN4. The van der Waals surface area contributed by atoms with Crippen LogP contribution in [0.15, 0.2) is 12.4 Å². The highest BCUT2D eigenvalue weighted by Gasteiger charge is 2.08. The van der Waals surface area contributed by atoms with Gasteiger partial charge in [0, 0.05) is 24.0 Å². The van der Waals surface area contributed by atoms with Gasteiger partial charge in [-0.25, -0.2) is 9.97 Å². The summed E-state index contributed by atoms with van der Waals surface area (Å²) in [5.41, 5.74) is 7.46. The Labute approximate surface area is 86.7 Å². The minimum Gasteiger partial charge on any atom is -0.324 e. The fourth-order valence-corrected chi connectivity index (χ4v) is 1.43. The maximum absolute atomic E-state index is 6.04. The molecule has 0 aromatic carbocycles. The molecule has 0 aliphatic heterocycles. The van der Waals surface area contributed by atoms with Crippen LogP contribution >= 0.6 is 11.6 Å². The molecule has 0 saturated heterocycles. The maximum Gasteiger partial charge on any atom is 0.235 e. The van der Waals surface area contributed by atoms with E-state index < -0.39 is 0 Å². The topological polar surface area (TPSA) is 56.2 Å². The van der Waals surface area contributed by atoms with Gasteiger partial charge in [-0.15, -0.1) is 0 Å². The second kappa shape index (κ2) is 3.22. The predicted octanol–water partition coefficient (Wildman–Crippen LogP) is 1.71. The van der Waals surface area contributed by atoms with Crippen molar-refractivity contribution < 1.29 is 0 Å². The molecule has 2 aromatic heterocycles. The van der Waals surface area contributed by atoms with Crippen LogP contribution < -0.4 is 5.73 Å². The Morgan fingerprint density at radius 1 is 1.57 bits per heavy atom. The van der Waals surface area contributed by atoms with E-state index in [9.17, 15) is 0 Å². The van der Waals surface area contributed by atoms with Crippen molar-refractivity contribution in [1.29, 1.82) is 0 Å². The van der Waals surface area contributed by atoms with Crippen molar-refractivity contribution in [1.82, 2.24) is 14.4 Å². The van der Waals surface area contributed by atoms with E-state index >= 15 is 0 Å². The first-order valence-electron chi connectivity index (χ1n) is 4.35. The molecule has 0 aliphatic carbocycles. The number of imidazole rings is 1. The third-order valence-electron chi connectivity index (χ3n) is 2.13. The quantitative estimate of drug-likeness (QED) is 0.780. The second-order valence-electron chi connectivity index (χ2n) is 3.33. The molecule has 14 heavy (non-hydrogen) atoms. The smallest absolute Gasteiger partial charge is 0.235 e. The molecule has 0 fully saturated rings. The summed E-state index contributed by atoms with van der Waals surface area (Å²) in [7, 11) is 0. The van der Waals surface area contributed by atoms with Crippen LogP contribution in [0.2, 0.25) is 5.15 Å². The van der Waals surface area contributed by atoms with Gasteiger partial charge in [0.2, 0.25) is 5.78 Å². The third kappa shape index (κ3) is 1.36. The molecule has 2 N–H and O–H groups in total. The summed E-state index contributed by atoms with van der Waals surface area (Å²) in [4.78, 5) is 8.36. The van der Waals surface area contributed by atoms with Crippen molar-refractivity contribution in [2.45, 2.75) is 19.9 Å². The largest absolute Gasteiger partial charge is 0.324 e. The van der Waals surface area contributed by atoms with Crippen LogP contribution in [0.5, 0.6) is 0 Å². The summed E-state index contributed by atoms with van der Waals surface area (Å²) in [6.07, 6.45) is 3.60. The van der Waals surface area contributed by atoms with E-state index in [1.54, 1.807) is 10.6 Å². The molecule has 0 amide bonds. The van der Waals surface area contributed by atoms with E-state index in [0.29, 0.717) is 10.9 Å². The highest BCUT2D eigenvalue weighted by atomic mass is 35.5. The normalized spacial score (nSPS) is 13.4. The summed E-state index contributed by atoms with van der Waals surface area (Å²) in [6, 6.07) is -0.0503. The van der Waals surface area contributed by atoms with Crippen LogP contribution in [0.3, 0.4) is 0 Å². The van der Waals surface area contributed by atoms with Crippen molar-refractivity contribution in [3.8, 4) is 0 Å². The molecule has 1 atom stereocenters. The van der Waals surface area contributed by atoms with E-state index in [0.717, 1.165) is 11.3 Å². The number of hydrogen-bond acceptors (Lipinski definition) is 3. The lowest BCUT2D eigenvalue weighted by molar-refractivity contribution is 0.799. The van der Waals surface area contributed by atoms with Crippen molar-refractivity contribution in [3.63, 3.8) is 0 Å². The Balaban J connectivity index is 2.69. The van der Waals surface area contributed by atoms with E-state index in [1.165, 1.54) is 0 Å². The van der Waals surface area contributed by atoms with Gasteiger partial charge in [0.05, 0.1) is 5.69 Å². The lowest BCUT2D eigenvalue weighted by Crippen LogP contribution is -2.06. The Bertz CT molecular complexity index is 475. The number of nitrogens with zero attached hydrogens (tertiary/aromatic N) is 3. The number of hydrogen-bond donors (Lipinski definition) is 1. The average Bonchev–Trinajstić information content (AvgIpc) is 2.43. The summed E-state index contributed by atoms with van der Waals surface area (Å²) in [5, 5.41) is 0.593. The van der Waals surface area contributed by atoms with Gasteiger partial charge in [-0.2, -0.15) is 0 Å². The minimum absolute atomic E-state index is 0.0503. The summed E-state index contributed by atoms with van der Waals surface area (Å²) < 4.78 is 1.75.